The van der Waals surface area contributed by atoms with Gasteiger partial charge in [0, 0.05) is 37.4 Å². The van der Waals surface area contributed by atoms with Gasteiger partial charge in [0.25, 0.3) is 0 Å². The quantitative estimate of drug-likeness (QED) is 0.580. The number of piperidine rings is 1. The van der Waals surface area contributed by atoms with Crippen LogP contribution in [0.4, 0.5) is 5.69 Å². The van der Waals surface area contributed by atoms with Gasteiger partial charge in [-0.2, -0.15) is 0 Å². The topological polar surface area (TPSA) is 32.8 Å². The van der Waals surface area contributed by atoms with Crippen molar-refractivity contribution in [3.63, 3.8) is 0 Å². The van der Waals surface area contributed by atoms with Crippen molar-refractivity contribution >= 4 is 28.9 Å². The molecule has 0 N–H and O–H groups in total. The lowest BCUT2D eigenvalue weighted by Crippen LogP contribution is -2.40. The standard InChI is InChI=1S/C19H28N2O2S/c1-4-20(5-2)17-9-7-15(8-10-17)18(24)21-13-11-16(12-14-21)19(22)23-6-3/h7-10,16H,4-6,11-14H2,1-3H3. The molecule has 1 aromatic rings. The Bertz CT molecular complexity index is 547. The van der Waals surface area contributed by atoms with E-state index in [1.54, 1.807) is 0 Å². The van der Waals surface area contributed by atoms with E-state index in [-0.39, 0.29) is 11.9 Å². The normalized spacial score (nSPS) is 15.2. The zero-order valence-electron chi connectivity index (χ0n) is 15.0. The highest BCUT2D eigenvalue weighted by Gasteiger charge is 2.27. The van der Waals surface area contributed by atoms with Crippen LogP contribution < -0.4 is 4.90 Å². The van der Waals surface area contributed by atoms with Crippen molar-refractivity contribution in [3.05, 3.63) is 29.8 Å². The van der Waals surface area contributed by atoms with Gasteiger partial charge in [0.15, 0.2) is 0 Å². The van der Waals surface area contributed by atoms with Crippen LogP contribution in [0.5, 0.6) is 0 Å². The minimum atomic E-state index is -0.0633. The van der Waals surface area contributed by atoms with Crippen molar-refractivity contribution in [2.24, 2.45) is 5.92 Å². The molecule has 1 aromatic carbocycles. The number of carbonyl (C=O) groups is 1. The number of benzene rings is 1. The first kappa shape index (κ1) is 18.7. The maximum absolute atomic E-state index is 11.8. The van der Waals surface area contributed by atoms with Gasteiger partial charge in [0.05, 0.1) is 12.5 Å². The molecule has 0 amide bonds. The van der Waals surface area contributed by atoms with Crippen LogP contribution in [0, 0.1) is 5.92 Å². The zero-order valence-corrected chi connectivity index (χ0v) is 15.8. The summed E-state index contributed by atoms with van der Waals surface area (Å²) in [5.74, 6) is -0.0410. The summed E-state index contributed by atoms with van der Waals surface area (Å²) in [6.07, 6.45) is 1.63. The largest absolute Gasteiger partial charge is 0.466 e. The third kappa shape index (κ3) is 4.47. The molecule has 1 saturated heterocycles. The summed E-state index contributed by atoms with van der Waals surface area (Å²) < 4.78 is 5.12. The number of carbonyl (C=O) groups excluding carboxylic acids is 1. The SMILES string of the molecule is CCOC(=O)C1CCN(C(=S)c2ccc(N(CC)CC)cc2)CC1. The van der Waals surface area contributed by atoms with E-state index in [1.165, 1.54) is 5.69 Å². The lowest BCUT2D eigenvalue weighted by atomic mass is 9.96. The Kier molecular flexibility index (Phi) is 7.03. The summed E-state index contributed by atoms with van der Waals surface area (Å²) >= 11 is 5.66. The van der Waals surface area contributed by atoms with Gasteiger partial charge in [-0.05, 0) is 57.9 Å². The van der Waals surface area contributed by atoms with Gasteiger partial charge in [0.1, 0.15) is 4.99 Å². The van der Waals surface area contributed by atoms with Crippen LogP contribution in [0.2, 0.25) is 0 Å². The smallest absolute Gasteiger partial charge is 0.309 e. The van der Waals surface area contributed by atoms with E-state index in [4.69, 9.17) is 17.0 Å². The predicted octanol–water partition coefficient (Wildman–Crippen LogP) is 3.48. The van der Waals surface area contributed by atoms with Crippen molar-refractivity contribution in [2.75, 3.05) is 37.7 Å². The van der Waals surface area contributed by atoms with Crippen molar-refractivity contribution < 1.29 is 9.53 Å². The van der Waals surface area contributed by atoms with Gasteiger partial charge in [0.2, 0.25) is 0 Å². The molecule has 4 nitrogen and oxygen atoms in total. The van der Waals surface area contributed by atoms with Crippen molar-refractivity contribution in [3.8, 4) is 0 Å². The molecule has 1 aliphatic heterocycles. The molecular formula is C19H28N2O2S. The third-order valence-electron chi connectivity index (χ3n) is 4.64. The third-order valence-corrected chi connectivity index (χ3v) is 5.14. The summed E-state index contributed by atoms with van der Waals surface area (Å²) in [5.41, 5.74) is 2.31. The van der Waals surface area contributed by atoms with E-state index in [1.807, 2.05) is 6.92 Å². The zero-order chi connectivity index (χ0) is 17.5. The van der Waals surface area contributed by atoms with Gasteiger partial charge in [-0.1, -0.05) is 12.2 Å². The summed E-state index contributed by atoms with van der Waals surface area (Å²) in [6, 6.07) is 8.49. The number of ether oxygens (including phenoxy) is 1. The number of anilines is 1. The molecule has 0 bridgehead atoms. The van der Waals surface area contributed by atoms with Crippen LogP contribution in [0.25, 0.3) is 0 Å². The van der Waals surface area contributed by atoms with Crippen LogP contribution in [-0.2, 0) is 9.53 Å². The Morgan fingerprint density at radius 1 is 1.17 bits per heavy atom. The molecule has 0 radical (unpaired) electrons. The van der Waals surface area contributed by atoms with E-state index in [0.29, 0.717) is 6.61 Å². The number of hydrogen-bond donors (Lipinski definition) is 0. The van der Waals surface area contributed by atoms with Crippen molar-refractivity contribution in [1.82, 2.24) is 4.90 Å². The molecule has 0 unspecified atom stereocenters. The van der Waals surface area contributed by atoms with E-state index < -0.39 is 0 Å². The molecule has 1 aliphatic rings. The average Bonchev–Trinajstić information content (AvgIpc) is 2.63. The Labute approximate surface area is 150 Å². The molecule has 2 rings (SSSR count). The monoisotopic (exact) mass is 348 g/mol. The lowest BCUT2D eigenvalue weighted by Gasteiger charge is -2.33. The number of likely N-dealkylation sites (tertiary alicyclic amines) is 1. The van der Waals surface area contributed by atoms with Gasteiger partial charge in [-0.15, -0.1) is 0 Å². The number of nitrogens with zero attached hydrogens (tertiary/aromatic N) is 2. The molecule has 5 heteroatoms. The number of rotatable bonds is 6. The second kappa shape index (κ2) is 9.02. The van der Waals surface area contributed by atoms with E-state index in [2.05, 4.69) is 47.9 Å². The lowest BCUT2D eigenvalue weighted by molar-refractivity contribution is -0.149. The van der Waals surface area contributed by atoms with Crippen molar-refractivity contribution in [1.29, 1.82) is 0 Å². The molecule has 1 fully saturated rings. The van der Waals surface area contributed by atoms with Gasteiger partial charge in [-0.3, -0.25) is 4.79 Å². The van der Waals surface area contributed by atoms with Crippen molar-refractivity contribution in [2.45, 2.75) is 33.6 Å². The maximum atomic E-state index is 11.8. The molecule has 132 valence electrons. The molecular weight excluding hydrogens is 320 g/mol. The molecule has 0 atom stereocenters. The molecule has 0 aliphatic carbocycles. The summed E-state index contributed by atoms with van der Waals surface area (Å²) in [7, 11) is 0. The van der Waals surface area contributed by atoms with Gasteiger partial charge in [-0.25, -0.2) is 0 Å². The number of esters is 1. The molecule has 0 spiro atoms. The second-order valence-electron chi connectivity index (χ2n) is 6.04. The highest BCUT2D eigenvalue weighted by Crippen LogP contribution is 2.22. The van der Waals surface area contributed by atoms with Gasteiger partial charge >= 0.3 is 5.97 Å². The fourth-order valence-electron chi connectivity index (χ4n) is 3.16. The Hall–Kier alpha value is -1.62. The number of thiocarbonyl (C=S) groups is 1. The van der Waals surface area contributed by atoms with E-state index >= 15 is 0 Å². The van der Waals surface area contributed by atoms with Crippen LogP contribution in [-0.4, -0.2) is 48.6 Å². The molecule has 1 heterocycles. The van der Waals surface area contributed by atoms with E-state index in [0.717, 1.165) is 49.6 Å². The summed E-state index contributed by atoms with van der Waals surface area (Å²) in [6.45, 7) is 10.3. The Balaban J connectivity index is 1.94. The highest BCUT2D eigenvalue weighted by molar-refractivity contribution is 7.80. The fraction of sp³-hybridized carbons (Fsp3) is 0.579. The first-order valence-corrected chi connectivity index (χ1v) is 9.32. The van der Waals surface area contributed by atoms with Crippen LogP contribution >= 0.6 is 12.2 Å². The second-order valence-corrected chi connectivity index (χ2v) is 6.42. The average molecular weight is 349 g/mol. The summed E-state index contributed by atoms with van der Waals surface area (Å²) in [4.78, 5) is 17.2. The predicted molar refractivity (Wildman–Crippen MR) is 103 cm³/mol. The summed E-state index contributed by atoms with van der Waals surface area (Å²) in [5, 5.41) is 0. The first-order chi connectivity index (χ1) is 11.6. The first-order valence-electron chi connectivity index (χ1n) is 8.91. The van der Waals surface area contributed by atoms with E-state index in [9.17, 15) is 4.79 Å². The van der Waals surface area contributed by atoms with Crippen LogP contribution in [0.3, 0.4) is 0 Å². The maximum Gasteiger partial charge on any atom is 0.309 e. The Morgan fingerprint density at radius 3 is 2.25 bits per heavy atom. The highest BCUT2D eigenvalue weighted by atomic mass is 32.1. The minimum Gasteiger partial charge on any atom is -0.466 e. The van der Waals surface area contributed by atoms with Crippen LogP contribution in [0.1, 0.15) is 39.2 Å². The molecule has 0 saturated carbocycles. The van der Waals surface area contributed by atoms with Crippen LogP contribution in [0.15, 0.2) is 24.3 Å². The van der Waals surface area contributed by atoms with Gasteiger partial charge < -0.3 is 14.5 Å². The Morgan fingerprint density at radius 2 is 1.75 bits per heavy atom. The minimum absolute atomic E-state index is 0.0223. The fourth-order valence-corrected chi connectivity index (χ4v) is 3.48. The molecule has 0 aromatic heterocycles. The number of hydrogen-bond acceptors (Lipinski definition) is 4. The molecule has 24 heavy (non-hydrogen) atoms.